The summed E-state index contributed by atoms with van der Waals surface area (Å²) in [5.41, 5.74) is 19.3. The molecule has 3 unspecified atom stereocenters. The second-order valence-corrected chi connectivity index (χ2v) is 35.7. The first-order valence-corrected chi connectivity index (χ1v) is 37.0. The maximum Gasteiger partial charge on any atom is 0.120 e. The van der Waals surface area contributed by atoms with Gasteiger partial charge in [0.2, 0.25) is 0 Å². The van der Waals surface area contributed by atoms with Crippen LogP contribution in [0.5, 0.6) is 0 Å². The molecule has 20 rings (SSSR count). The number of benzene rings is 12. The number of hydrogen-bond donors (Lipinski definition) is 0. The molecule has 0 bridgehead atoms. The van der Waals surface area contributed by atoms with Crippen molar-refractivity contribution in [3.63, 3.8) is 0 Å². The lowest BCUT2D eigenvalue weighted by Gasteiger charge is -2.50. The molecule has 8 heterocycles. The first-order valence-electron chi connectivity index (χ1n) is 29.7. The Balaban J connectivity index is 0.849. The molecule has 4 aliphatic heterocycles. The van der Waals surface area contributed by atoms with Crippen LogP contribution in [-0.2, 0) is 16.9 Å². The van der Waals surface area contributed by atoms with Gasteiger partial charge in [0.25, 0.3) is 0 Å². The number of rotatable bonds is 2. The fraction of sp³-hybridized carbons (Fsp3) is 0.0769. The van der Waals surface area contributed by atoms with Gasteiger partial charge in [-0.05, 0) is 138 Å². The van der Waals surface area contributed by atoms with E-state index >= 15 is 0 Å². The van der Waals surface area contributed by atoms with Gasteiger partial charge in [-0.15, -0.1) is 22.7 Å². The number of nitrogens with zero attached hydrogens (tertiary/aromatic N) is 2. The lowest BCUT2D eigenvalue weighted by Crippen LogP contribution is -2.66. The average molecular weight is 1140 g/mol. The fourth-order valence-corrected chi connectivity index (χ4v) is 28.3. The van der Waals surface area contributed by atoms with Gasteiger partial charge in [-0.25, -0.2) is 0 Å². The van der Waals surface area contributed by atoms with Crippen molar-refractivity contribution < 1.29 is 0 Å². The molecular weight excluding hydrogens is 1090 g/mol. The van der Waals surface area contributed by atoms with Crippen molar-refractivity contribution in [3.8, 4) is 11.4 Å². The molecule has 4 aromatic heterocycles. The Morgan fingerprint density at radius 1 is 0.333 bits per heavy atom. The minimum absolute atomic E-state index is 0.533. The first-order chi connectivity index (χ1) is 41.3. The Hall–Kier alpha value is -8.89. The van der Waals surface area contributed by atoms with E-state index < -0.39 is 27.0 Å². The number of fused-ring (bicyclic) bond motifs is 29. The first kappa shape index (κ1) is 46.6. The minimum atomic E-state index is -2.70. The van der Waals surface area contributed by atoms with E-state index in [1.165, 1.54) is 156 Å². The molecule has 0 aliphatic carbocycles. The summed E-state index contributed by atoms with van der Waals surface area (Å²) in [5.74, 6) is 0. The lowest BCUT2D eigenvalue weighted by molar-refractivity contribution is 0.732. The van der Waals surface area contributed by atoms with Crippen LogP contribution in [0.2, 0.25) is 19.6 Å². The van der Waals surface area contributed by atoms with Gasteiger partial charge in [0.05, 0.1) is 44.3 Å². The number of para-hydroxylation sites is 5. The zero-order valence-corrected chi connectivity index (χ0v) is 50.2. The number of aromatic nitrogens is 2. The Morgan fingerprint density at radius 2 is 0.857 bits per heavy atom. The van der Waals surface area contributed by atoms with E-state index in [-0.39, 0.29) is 0 Å². The van der Waals surface area contributed by atoms with Crippen LogP contribution >= 0.6 is 22.7 Å². The maximum absolute atomic E-state index is 2.71. The summed E-state index contributed by atoms with van der Waals surface area (Å²) in [4.78, 5) is 0. The van der Waals surface area contributed by atoms with Gasteiger partial charge in [-0.2, -0.15) is 0 Å². The van der Waals surface area contributed by atoms with Crippen LogP contribution in [0.15, 0.2) is 249 Å². The minimum Gasteiger partial charge on any atom is -0.309 e. The van der Waals surface area contributed by atoms with E-state index in [0.29, 0.717) is 0 Å². The normalized spacial score (nSPS) is 19.4. The summed E-state index contributed by atoms with van der Waals surface area (Å²) < 4.78 is 10.7. The van der Waals surface area contributed by atoms with Crippen molar-refractivity contribution in [1.82, 2.24) is 9.13 Å². The van der Waals surface area contributed by atoms with Crippen LogP contribution in [0.4, 0.5) is 0 Å². The van der Waals surface area contributed by atoms with E-state index in [2.05, 4.69) is 277 Å². The zero-order valence-electron chi connectivity index (χ0n) is 46.6. The summed E-state index contributed by atoms with van der Waals surface area (Å²) in [6, 6.07) is 98.9. The number of hydrogen-bond acceptors (Lipinski definition) is 2. The van der Waals surface area contributed by atoms with Gasteiger partial charge in [0.1, 0.15) is 16.1 Å². The van der Waals surface area contributed by atoms with Crippen molar-refractivity contribution in [2.75, 3.05) is 0 Å². The summed E-state index contributed by atoms with van der Waals surface area (Å²) in [6.07, 6.45) is 0. The van der Waals surface area contributed by atoms with Gasteiger partial charge in [-0.1, -0.05) is 208 Å². The highest BCUT2D eigenvalue weighted by molar-refractivity contribution is 7.26. The molecule has 0 N–H and O–H groups in total. The molecule has 4 aliphatic rings. The summed E-state index contributed by atoms with van der Waals surface area (Å²) in [5, 5.41) is 17.0. The SMILES string of the molecule is C[Si]1(C)c2ccccc2C2(c3ccccc3-n3c4ccc(C[Si]5(C)c6ccccc6C6(c7ccccc7-n7c8ccccc8c8cccc6c87)c6cc7c(cc65)sc5ccccc57)cc4c4cccc2c43)c2ccc3sc4ccccc4c3c21. The van der Waals surface area contributed by atoms with Gasteiger partial charge >= 0.3 is 0 Å². The molecule has 2 spiro atoms. The highest BCUT2D eigenvalue weighted by Crippen LogP contribution is 2.59. The van der Waals surface area contributed by atoms with Crippen molar-refractivity contribution in [1.29, 1.82) is 0 Å². The van der Waals surface area contributed by atoms with E-state index in [9.17, 15) is 0 Å². The van der Waals surface area contributed by atoms with E-state index in [0.717, 1.165) is 6.04 Å². The Labute approximate surface area is 495 Å². The van der Waals surface area contributed by atoms with E-state index in [1.807, 2.05) is 22.7 Å². The van der Waals surface area contributed by atoms with Crippen LogP contribution in [0.3, 0.4) is 0 Å². The third-order valence-electron chi connectivity index (χ3n) is 21.0. The topological polar surface area (TPSA) is 9.86 Å². The van der Waals surface area contributed by atoms with Gasteiger partial charge in [0, 0.05) is 61.9 Å². The molecule has 0 fully saturated rings. The Kier molecular flexibility index (Phi) is 8.79. The van der Waals surface area contributed by atoms with Crippen molar-refractivity contribution in [2.24, 2.45) is 0 Å². The standard InChI is InChI=1S/C78H52N2S2Si2/c1-83(2)70-36-16-9-27-56(70)77(60-39-41-68-73(76(60)83)51-22-6-15-35-67(51)81-68)54-25-7-12-32-64(54)80-63-40-38-46(42-52(63)50-24-19-29-58(77)75(50)80)45-84(3)71-37-17-10-28-57(71)78(61-43-53-48-21-5-14-34-66(48)82-69(53)44-72(61)84)55-26-8-13-33-65(55)79-62-31-11-4-20-47(62)49-23-18-30-59(78)74(49)79/h4-44H,45H2,1-3H3. The molecule has 84 heavy (non-hydrogen) atoms. The molecule has 6 heteroatoms. The third-order valence-corrected chi connectivity index (χ3v) is 31.2. The van der Waals surface area contributed by atoms with Crippen LogP contribution in [0.1, 0.15) is 50.1 Å². The largest absolute Gasteiger partial charge is 0.309 e. The Morgan fingerprint density at radius 3 is 1.58 bits per heavy atom. The molecule has 12 aromatic carbocycles. The summed E-state index contributed by atoms with van der Waals surface area (Å²) >= 11 is 3.91. The third kappa shape index (κ3) is 5.33. The predicted molar refractivity (Wildman–Crippen MR) is 362 cm³/mol. The van der Waals surface area contributed by atoms with Crippen LogP contribution in [-0.4, -0.2) is 25.3 Å². The molecule has 394 valence electrons. The predicted octanol–water partition coefficient (Wildman–Crippen LogP) is 17.4. The zero-order chi connectivity index (χ0) is 55.2. The molecule has 0 amide bonds. The molecule has 0 radical (unpaired) electrons. The van der Waals surface area contributed by atoms with Crippen molar-refractivity contribution >= 4 is 144 Å². The molecular formula is C78H52N2S2Si2. The van der Waals surface area contributed by atoms with Crippen LogP contribution in [0.25, 0.3) is 95.3 Å². The molecule has 3 atom stereocenters. The van der Waals surface area contributed by atoms with Crippen LogP contribution in [0, 0.1) is 0 Å². The number of thiophene rings is 2. The highest BCUT2D eigenvalue weighted by Gasteiger charge is 2.56. The van der Waals surface area contributed by atoms with E-state index in [1.54, 1.807) is 10.4 Å². The monoisotopic (exact) mass is 1140 g/mol. The Bertz CT molecular complexity index is 5690. The highest BCUT2D eigenvalue weighted by atomic mass is 32.1. The molecule has 16 aromatic rings. The fourth-order valence-electron chi connectivity index (χ4n) is 17.9. The van der Waals surface area contributed by atoms with Gasteiger partial charge < -0.3 is 9.13 Å². The van der Waals surface area contributed by atoms with Gasteiger partial charge in [-0.3, -0.25) is 0 Å². The second-order valence-electron chi connectivity index (χ2n) is 25.2. The van der Waals surface area contributed by atoms with Crippen LogP contribution < -0.4 is 20.7 Å². The molecule has 0 saturated heterocycles. The molecule has 2 nitrogen and oxygen atoms in total. The second kappa shape index (κ2) is 15.8. The molecule has 0 saturated carbocycles. The quantitative estimate of drug-likeness (QED) is 0.153. The maximum atomic E-state index is 2.71. The summed E-state index contributed by atoms with van der Waals surface area (Å²) in [7, 11) is -4.99. The average Bonchev–Trinajstić information content (AvgIpc) is 1.23. The smallest absolute Gasteiger partial charge is 0.120 e. The van der Waals surface area contributed by atoms with Gasteiger partial charge in [0.15, 0.2) is 0 Å². The lowest BCUT2D eigenvalue weighted by atomic mass is 9.62. The van der Waals surface area contributed by atoms with E-state index in [4.69, 9.17) is 0 Å². The summed E-state index contributed by atoms with van der Waals surface area (Å²) in [6.45, 7) is 7.94. The van der Waals surface area contributed by atoms with Crippen molar-refractivity contribution in [3.05, 3.63) is 299 Å². The van der Waals surface area contributed by atoms with Crippen molar-refractivity contribution in [2.45, 2.75) is 36.5 Å².